The molecular weight excluding hydrogens is 436 g/mol. The Hall–Kier alpha value is -3.78. The summed E-state index contributed by atoms with van der Waals surface area (Å²) < 4.78 is 13.0. The molecule has 0 aliphatic rings. The van der Waals surface area contributed by atoms with Gasteiger partial charge in [-0.05, 0) is 67.6 Å². The third-order valence-corrected chi connectivity index (χ3v) is 5.80. The predicted molar refractivity (Wildman–Crippen MR) is 130 cm³/mol. The van der Waals surface area contributed by atoms with Crippen molar-refractivity contribution in [3.05, 3.63) is 78.9 Å². The molecule has 0 spiro atoms. The Balaban J connectivity index is 1.34. The Kier molecular flexibility index (Phi) is 7.26. The number of thioether (sulfide) groups is 1. The second kappa shape index (κ2) is 10.7. The van der Waals surface area contributed by atoms with Crippen LogP contribution in [-0.2, 0) is 11.3 Å². The van der Waals surface area contributed by atoms with Gasteiger partial charge in [0.05, 0.1) is 12.9 Å². The summed E-state index contributed by atoms with van der Waals surface area (Å²) in [5.74, 6) is 3.12. The van der Waals surface area contributed by atoms with Crippen LogP contribution in [0.2, 0.25) is 0 Å². The number of rotatable bonds is 9. The summed E-state index contributed by atoms with van der Waals surface area (Å²) in [6.45, 7) is 2.72. The minimum Gasteiger partial charge on any atom is -0.497 e. The summed E-state index contributed by atoms with van der Waals surface area (Å²) in [5, 5.41) is 12.2. The van der Waals surface area contributed by atoms with Crippen molar-refractivity contribution in [1.29, 1.82) is 0 Å². The predicted octanol–water partition coefficient (Wildman–Crippen LogP) is 5.50. The number of hydrogen-bond donors (Lipinski definition) is 1. The van der Waals surface area contributed by atoms with Gasteiger partial charge in [-0.3, -0.25) is 4.79 Å². The molecule has 7 nitrogen and oxygen atoms in total. The van der Waals surface area contributed by atoms with Gasteiger partial charge in [-0.25, -0.2) is 0 Å². The van der Waals surface area contributed by atoms with Crippen molar-refractivity contribution in [3.8, 4) is 28.6 Å². The largest absolute Gasteiger partial charge is 0.497 e. The van der Waals surface area contributed by atoms with Crippen molar-refractivity contribution in [1.82, 2.24) is 14.8 Å². The van der Waals surface area contributed by atoms with Crippen molar-refractivity contribution in [2.75, 3.05) is 18.2 Å². The molecule has 0 saturated carbocycles. The van der Waals surface area contributed by atoms with Gasteiger partial charge >= 0.3 is 0 Å². The van der Waals surface area contributed by atoms with Crippen LogP contribution in [0, 0.1) is 0 Å². The Morgan fingerprint density at radius 3 is 2.24 bits per heavy atom. The van der Waals surface area contributed by atoms with E-state index in [-0.39, 0.29) is 11.7 Å². The molecule has 1 N–H and O–H groups in total. The maximum atomic E-state index is 12.5. The fourth-order valence-electron chi connectivity index (χ4n) is 3.19. The summed E-state index contributed by atoms with van der Waals surface area (Å²) in [6, 6.07) is 24.5. The number of ether oxygens (including phenoxy) is 2. The lowest BCUT2D eigenvalue weighted by molar-refractivity contribution is -0.113. The number of aromatic nitrogens is 3. The van der Waals surface area contributed by atoms with Crippen molar-refractivity contribution in [2.24, 2.45) is 0 Å². The van der Waals surface area contributed by atoms with E-state index in [1.54, 1.807) is 7.11 Å². The molecule has 4 rings (SSSR count). The van der Waals surface area contributed by atoms with Crippen molar-refractivity contribution in [2.45, 2.75) is 18.6 Å². The molecular formula is C25H24N4O3S. The van der Waals surface area contributed by atoms with Crippen LogP contribution < -0.4 is 14.8 Å². The molecule has 0 aliphatic carbocycles. The Labute approximate surface area is 196 Å². The molecule has 168 valence electrons. The van der Waals surface area contributed by atoms with Gasteiger partial charge in [0.15, 0.2) is 11.0 Å². The van der Waals surface area contributed by atoms with Crippen LogP contribution in [-0.4, -0.2) is 33.5 Å². The van der Waals surface area contributed by atoms with Crippen LogP contribution >= 0.6 is 11.8 Å². The molecule has 0 bridgehead atoms. The molecule has 0 aliphatic heterocycles. The maximum absolute atomic E-state index is 12.5. The van der Waals surface area contributed by atoms with Gasteiger partial charge in [0.2, 0.25) is 5.91 Å². The lowest BCUT2D eigenvalue weighted by Gasteiger charge is -2.09. The first-order chi connectivity index (χ1) is 16.2. The lowest BCUT2D eigenvalue weighted by atomic mass is 10.2. The monoisotopic (exact) mass is 460 g/mol. The van der Waals surface area contributed by atoms with E-state index < -0.39 is 0 Å². The lowest BCUT2D eigenvalue weighted by Crippen LogP contribution is -2.14. The summed E-state index contributed by atoms with van der Waals surface area (Å²) in [4.78, 5) is 12.5. The minimum atomic E-state index is -0.117. The van der Waals surface area contributed by atoms with E-state index in [2.05, 4.69) is 15.5 Å². The molecule has 8 heteroatoms. The molecule has 4 aromatic rings. The molecule has 1 aromatic heterocycles. The Bertz CT molecular complexity index is 1190. The molecule has 0 fully saturated rings. The van der Waals surface area contributed by atoms with Crippen LogP contribution in [0.1, 0.15) is 6.92 Å². The molecule has 0 unspecified atom stereocenters. The van der Waals surface area contributed by atoms with Crippen LogP contribution in [0.15, 0.2) is 84.0 Å². The molecule has 33 heavy (non-hydrogen) atoms. The number of hydrogen-bond acceptors (Lipinski definition) is 6. The van der Waals surface area contributed by atoms with E-state index in [0.717, 1.165) is 22.9 Å². The van der Waals surface area contributed by atoms with Gasteiger partial charge in [0.1, 0.15) is 17.2 Å². The smallest absolute Gasteiger partial charge is 0.234 e. The minimum absolute atomic E-state index is 0.117. The van der Waals surface area contributed by atoms with Gasteiger partial charge in [-0.1, -0.05) is 30.0 Å². The molecule has 0 saturated heterocycles. The molecule has 1 amide bonds. The standard InChI is InChI=1S/C25H24N4O3S/c1-3-29-24(18-9-13-20(31-2)14-10-18)27-28-25(29)33-17-23(30)26-19-11-15-22(16-12-19)32-21-7-5-4-6-8-21/h4-16H,3,17H2,1-2H3,(H,26,30). The number of benzene rings is 3. The number of nitrogens with zero attached hydrogens (tertiary/aromatic N) is 3. The summed E-state index contributed by atoms with van der Waals surface area (Å²) in [5.41, 5.74) is 1.65. The highest BCUT2D eigenvalue weighted by atomic mass is 32.2. The van der Waals surface area contributed by atoms with Gasteiger partial charge in [0.25, 0.3) is 0 Å². The highest BCUT2D eigenvalue weighted by Crippen LogP contribution is 2.26. The first-order valence-corrected chi connectivity index (χ1v) is 11.5. The van der Waals surface area contributed by atoms with Crippen LogP contribution in [0.25, 0.3) is 11.4 Å². The molecule has 1 heterocycles. The quantitative estimate of drug-likeness (QED) is 0.333. The topological polar surface area (TPSA) is 78.3 Å². The van der Waals surface area contributed by atoms with E-state index in [1.807, 2.05) is 90.4 Å². The fraction of sp³-hybridized carbons (Fsp3) is 0.160. The van der Waals surface area contributed by atoms with E-state index in [9.17, 15) is 4.79 Å². The highest BCUT2D eigenvalue weighted by molar-refractivity contribution is 7.99. The SMILES string of the molecule is CCn1c(SCC(=O)Nc2ccc(Oc3ccccc3)cc2)nnc1-c1ccc(OC)cc1. The molecule has 0 atom stereocenters. The zero-order valence-corrected chi connectivity index (χ0v) is 19.2. The normalized spacial score (nSPS) is 10.6. The summed E-state index contributed by atoms with van der Waals surface area (Å²) in [7, 11) is 1.64. The van der Waals surface area contributed by atoms with Crippen molar-refractivity contribution >= 4 is 23.4 Å². The van der Waals surface area contributed by atoms with E-state index in [1.165, 1.54) is 11.8 Å². The van der Waals surface area contributed by atoms with Gasteiger partial charge in [0, 0.05) is 17.8 Å². The van der Waals surface area contributed by atoms with Crippen LogP contribution in [0.4, 0.5) is 5.69 Å². The van der Waals surface area contributed by atoms with Crippen molar-refractivity contribution in [3.63, 3.8) is 0 Å². The third-order valence-electron chi connectivity index (χ3n) is 4.83. The number of carbonyl (C=O) groups excluding carboxylic acids is 1. The number of carbonyl (C=O) groups is 1. The van der Waals surface area contributed by atoms with E-state index in [4.69, 9.17) is 9.47 Å². The first kappa shape index (κ1) is 22.4. The van der Waals surface area contributed by atoms with Crippen molar-refractivity contribution < 1.29 is 14.3 Å². The van der Waals surface area contributed by atoms with Gasteiger partial charge in [-0.15, -0.1) is 10.2 Å². The maximum Gasteiger partial charge on any atom is 0.234 e. The number of para-hydroxylation sites is 1. The number of amides is 1. The second-order valence-electron chi connectivity index (χ2n) is 7.06. The Morgan fingerprint density at radius 2 is 1.58 bits per heavy atom. The van der Waals surface area contributed by atoms with E-state index in [0.29, 0.717) is 23.1 Å². The van der Waals surface area contributed by atoms with Crippen LogP contribution in [0.5, 0.6) is 17.2 Å². The molecule has 0 radical (unpaired) electrons. The molecule has 3 aromatic carbocycles. The number of methoxy groups -OCH3 is 1. The fourth-order valence-corrected chi connectivity index (χ4v) is 3.99. The summed E-state index contributed by atoms with van der Waals surface area (Å²) in [6.07, 6.45) is 0. The average Bonchev–Trinajstić information content (AvgIpc) is 3.27. The Morgan fingerprint density at radius 1 is 0.909 bits per heavy atom. The average molecular weight is 461 g/mol. The number of anilines is 1. The summed E-state index contributed by atoms with van der Waals surface area (Å²) >= 11 is 1.35. The zero-order chi connectivity index (χ0) is 23.0. The number of nitrogens with one attached hydrogen (secondary N) is 1. The van der Waals surface area contributed by atoms with Crippen LogP contribution in [0.3, 0.4) is 0 Å². The van der Waals surface area contributed by atoms with Gasteiger partial charge < -0.3 is 19.4 Å². The zero-order valence-electron chi connectivity index (χ0n) is 18.4. The first-order valence-electron chi connectivity index (χ1n) is 10.5. The van der Waals surface area contributed by atoms with Gasteiger partial charge in [-0.2, -0.15) is 0 Å². The third kappa shape index (κ3) is 5.72. The highest BCUT2D eigenvalue weighted by Gasteiger charge is 2.15. The van der Waals surface area contributed by atoms with E-state index >= 15 is 0 Å². The second-order valence-corrected chi connectivity index (χ2v) is 8.00.